The number of hydrogen-bond donors (Lipinski definition) is 1. The maximum atomic E-state index is 12.5. The first kappa shape index (κ1) is 17.0. The predicted octanol–water partition coefficient (Wildman–Crippen LogP) is 1.22. The number of fused-ring (bicyclic) bond motifs is 1. The molecule has 3 aromatic heterocycles. The fourth-order valence-corrected chi connectivity index (χ4v) is 3.15. The molecule has 3 rings (SSSR count). The Balaban J connectivity index is 1.83. The van der Waals surface area contributed by atoms with Gasteiger partial charge < -0.3 is 9.88 Å². The number of carbonyl (C=O) groups is 1. The quantitative estimate of drug-likeness (QED) is 0.738. The Bertz CT molecular complexity index is 1040. The van der Waals surface area contributed by atoms with Gasteiger partial charge in [0.2, 0.25) is 0 Å². The highest BCUT2D eigenvalue weighted by Crippen LogP contribution is 2.14. The molecule has 0 unspecified atom stereocenters. The zero-order valence-electron chi connectivity index (χ0n) is 13.9. The fraction of sp³-hybridized carbons (Fsp3) is 0.312. The van der Waals surface area contributed by atoms with Gasteiger partial charge in [0.05, 0.1) is 12.1 Å². The molecule has 0 saturated carbocycles. The van der Waals surface area contributed by atoms with Crippen LogP contribution < -0.4 is 11.1 Å². The summed E-state index contributed by atoms with van der Waals surface area (Å²) in [6, 6.07) is 4.51. The van der Waals surface area contributed by atoms with Crippen molar-refractivity contribution in [2.45, 2.75) is 26.4 Å². The number of aryl methyl sites for hydroxylation is 1. The number of carbonyl (C=O) groups excluding carboxylic acids is 1. The highest BCUT2D eigenvalue weighted by Gasteiger charge is 2.16. The highest BCUT2D eigenvalue weighted by molar-refractivity contribution is 7.17. The van der Waals surface area contributed by atoms with Gasteiger partial charge in [-0.15, -0.1) is 11.3 Å². The molecule has 0 saturated heterocycles. The summed E-state index contributed by atoms with van der Waals surface area (Å²) in [4.78, 5) is 44.7. The first-order valence-corrected chi connectivity index (χ1v) is 8.67. The van der Waals surface area contributed by atoms with Crippen LogP contribution in [0.3, 0.4) is 0 Å². The third-order valence-electron chi connectivity index (χ3n) is 3.62. The molecule has 25 heavy (non-hydrogen) atoms. The molecule has 0 aliphatic rings. The maximum Gasteiger partial charge on any atom is 0.274 e. The average Bonchev–Trinajstić information content (AvgIpc) is 3.05. The van der Waals surface area contributed by atoms with Crippen molar-refractivity contribution < 1.29 is 4.79 Å². The van der Waals surface area contributed by atoms with Crippen LogP contribution >= 0.6 is 11.3 Å². The van der Waals surface area contributed by atoms with Crippen molar-refractivity contribution in [2.24, 2.45) is 0 Å². The lowest BCUT2D eigenvalue weighted by atomic mass is 10.3. The van der Waals surface area contributed by atoms with Gasteiger partial charge in [0, 0.05) is 19.7 Å². The molecule has 0 aliphatic carbocycles. The maximum absolute atomic E-state index is 12.5. The van der Waals surface area contributed by atoms with Crippen molar-refractivity contribution in [3.63, 3.8) is 0 Å². The van der Waals surface area contributed by atoms with E-state index in [4.69, 9.17) is 0 Å². The van der Waals surface area contributed by atoms with Crippen LogP contribution in [0.5, 0.6) is 0 Å². The summed E-state index contributed by atoms with van der Waals surface area (Å²) in [5, 5.41) is 5.90. The Morgan fingerprint density at radius 2 is 2.12 bits per heavy atom. The first-order chi connectivity index (χ1) is 12.0. The molecule has 0 aliphatic heterocycles. The Labute approximate surface area is 146 Å². The van der Waals surface area contributed by atoms with E-state index in [2.05, 4.69) is 15.1 Å². The lowest BCUT2D eigenvalue weighted by Crippen LogP contribution is -2.32. The number of hydrogen-bond acceptors (Lipinski definition) is 6. The van der Waals surface area contributed by atoms with Gasteiger partial charge in [-0.3, -0.25) is 14.4 Å². The Kier molecular flexibility index (Phi) is 4.75. The second kappa shape index (κ2) is 6.98. The standard InChI is InChI=1S/C16H17N5O3S/c1-3-7-21-13(22)5-4-11(19-21)16(24)20(2)9-12-17-10-6-8-25-14(10)15(23)18-12/h4-6,8H,3,7,9H2,1-2H3,(H,17,18,23). The van der Waals surface area contributed by atoms with Gasteiger partial charge >= 0.3 is 0 Å². The molecule has 0 atom stereocenters. The van der Waals surface area contributed by atoms with E-state index in [0.717, 1.165) is 6.42 Å². The van der Waals surface area contributed by atoms with Crippen LogP contribution in [0.2, 0.25) is 0 Å². The zero-order valence-corrected chi connectivity index (χ0v) is 14.7. The molecule has 1 N–H and O–H groups in total. The first-order valence-electron chi connectivity index (χ1n) is 7.79. The van der Waals surface area contributed by atoms with E-state index in [-0.39, 0.29) is 29.3 Å². The number of aromatic nitrogens is 4. The number of nitrogens with zero attached hydrogens (tertiary/aromatic N) is 4. The Morgan fingerprint density at radius 3 is 2.88 bits per heavy atom. The summed E-state index contributed by atoms with van der Waals surface area (Å²) >= 11 is 1.32. The predicted molar refractivity (Wildman–Crippen MR) is 94.8 cm³/mol. The Hall–Kier alpha value is -2.81. The molecule has 3 heterocycles. The minimum absolute atomic E-state index is 0.133. The molecule has 0 radical (unpaired) electrons. The van der Waals surface area contributed by atoms with Crippen molar-refractivity contribution in [1.82, 2.24) is 24.6 Å². The summed E-state index contributed by atoms with van der Waals surface area (Å²) in [7, 11) is 1.59. The van der Waals surface area contributed by atoms with Crippen LogP contribution in [0, 0.1) is 0 Å². The molecule has 130 valence electrons. The summed E-state index contributed by atoms with van der Waals surface area (Å²) in [5.41, 5.74) is 0.328. The van der Waals surface area contributed by atoms with Gasteiger partial charge in [0.25, 0.3) is 17.0 Å². The number of H-pyrrole nitrogens is 1. The highest BCUT2D eigenvalue weighted by atomic mass is 32.1. The zero-order chi connectivity index (χ0) is 18.0. The van der Waals surface area contributed by atoms with E-state index in [9.17, 15) is 14.4 Å². The second-order valence-corrected chi connectivity index (χ2v) is 6.50. The van der Waals surface area contributed by atoms with Crippen molar-refractivity contribution in [3.05, 3.63) is 55.8 Å². The summed E-state index contributed by atoms with van der Waals surface area (Å²) in [6.07, 6.45) is 0.742. The number of rotatable bonds is 5. The monoisotopic (exact) mass is 359 g/mol. The number of aromatic amines is 1. The fourth-order valence-electron chi connectivity index (χ4n) is 2.42. The molecule has 0 aromatic carbocycles. The molecule has 3 aromatic rings. The van der Waals surface area contributed by atoms with E-state index < -0.39 is 0 Å². The average molecular weight is 359 g/mol. The van der Waals surface area contributed by atoms with Crippen molar-refractivity contribution in [1.29, 1.82) is 0 Å². The topological polar surface area (TPSA) is 101 Å². The molecule has 1 amide bonds. The van der Waals surface area contributed by atoms with Crippen LogP contribution in [0.4, 0.5) is 0 Å². The Morgan fingerprint density at radius 1 is 1.32 bits per heavy atom. The molecule has 0 fully saturated rings. The SMILES string of the molecule is CCCn1nc(C(=O)N(C)Cc2nc3ccsc3c(=O)[nH]2)ccc1=O. The van der Waals surface area contributed by atoms with Gasteiger partial charge in [-0.1, -0.05) is 6.92 Å². The van der Waals surface area contributed by atoms with E-state index in [1.165, 1.54) is 33.1 Å². The van der Waals surface area contributed by atoms with E-state index in [1.54, 1.807) is 18.5 Å². The van der Waals surface area contributed by atoms with Gasteiger partial charge in [0.15, 0.2) is 0 Å². The van der Waals surface area contributed by atoms with Gasteiger partial charge in [-0.05, 0) is 23.9 Å². The van der Waals surface area contributed by atoms with E-state index >= 15 is 0 Å². The van der Waals surface area contributed by atoms with Crippen molar-refractivity contribution in [3.8, 4) is 0 Å². The van der Waals surface area contributed by atoms with Crippen LogP contribution in [0.15, 0.2) is 33.2 Å². The van der Waals surface area contributed by atoms with Crippen LogP contribution in [0.25, 0.3) is 10.2 Å². The summed E-state index contributed by atoms with van der Waals surface area (Å²) in [6.45, 7) is 2.51. The molecular weight excluding hydrogens is 342 g/mol. The minimum atomic E-state index is -0.349. The van der Waals surface area contributed by atoms with Crippen molar-refractivity contribution in [2.75, 3.05) is 7.05 Å². The third kappa shape index (κ3) is 3.50. The molecule has 0 bridgehead atoms. The molecular formula is C16H17N5O3S. The molecule has 8 nitrogen and oxygen atoms in total. The van der Waals surface area contributed by atoms with Crippen molar-refractivity contribution >= 4 is 27.5 Å². The normalized spacial score (nSPS) is 11.0. The summed E-state index contributed by atoms with van der Waals surface area (Å²) < 4.78 is 1.84. The third-order valence-corrected chi connectivity index (χ3v) is 4.52. The molecule has 9 heteroatoms. The van der Waals surface area contributed by atoms with Crippen LogP contribution in [-0.4, -0.2) is 37.6 Å². The number of amides is 1. The minimum Gasteiger partial charge on any atom is -0.333 e. The summed E-state index contributed by atoms with van der Waals surface area (Å²) in [5.74, 6) is 0.0477. The van der Waals surface area contributed by atoms with E-state index in [0.29, 0.717) is 22.6 Å². The van der Waals surface area contributed by atoms with Gasteiger partial charge in [-0.25, -0.2) is 9.67 Å². The lowest BCUT2D eigenvalue weighted by molar-refractivity contribution is 0.0772. The number of nitrogens with one attached hydrogen (secondary N) is 1. The van der Waals surface area contributed by atoms with E-state index in [1.807, 2.05) is 6.92 Å². The lowest BCUT2D eigenvalue weighted by Gasteiger charge is -2.16. The number of thiophene rings is 1. The molecule has 0 spiro atoms. The van der Waals surface area contributed by atoms with Gasteiger partial charge in [0.1, 0.15) is 16.2 Å². The van der Waals surface area contributed by atoms with Crippen LogP contribution in [-0.2, 0) is 13.1 Å². The second-order valence-electron chi connectivity index (χ2n) is 5.59. The largest absolute Gasteiger partial charge is 0.333 e. The van der Waals surface area contributed by atoms with Crippen LogP contribution in [0.1, 0.15) is 29.7 Å². The smallest absolute Gasteiger partial charge is 0.274 e. The van der Waals surface area contributed by atoms with Gasteiger partial charge in [-0.2, -0.15) is 5.10 Å².